The van der Waals surface area contributed by atoms with E-state index in [-0.39, 0.29) is 0 Å². The van der Waals surface area contributed by atoms with Crippen LogP contribution < -0.4 is 5.32 Å². The highest BCUT2D eigenvalue weighted by Gasteiger charge is 2.14. The Morgan fingerprint density at radius 3 is 3.00 bits per heavy atom. The highest BCUT2D eigenvalue weighted by atomic mass is 32.2. The van der Waals surface area contributed by atoms with Gasteiger partial charge >= 0.3 is 0 Å². The predicted molar refractivity (Wildman–Crippen MR) is 66.9 cm³/mol. The summed E-state index contributed by atoms with van der Waals surface area (Å²) in [7, 11) is 0. The Morgan fingerprint density at radius 1 is 1.64 bits per heavy atom. The van der Waals surface area contributed by atoms with Crippen molar-refractivity contribution >= 4 is 11.8 Å². The van der Waals surface area contributed by atoms with Crippen LogP contribution in [0.1, 0.15) is 33.6 Å². The molecule has 0 aromatic rings. The third-order valence-electron chi connectivity index (χ3n) is 2.85. The molecule has 1 aliphatic heterocycles. The first-order valence-electron chi connectivity index (χ1n) is 5.73. The van der Waals surface area contributed by atoms with Gasteiger partial charge in [-0.1, -0.05) is 18.6 Å². The monoisotopic (exact) mass is 213 g/mol. The van der Waals surface area contributed by atoms with Crippen molar-refractivity contribution in [2.45, 2.75) is 39.7 Å². The minimum absolute atomic E-state index is 0.556. The molecule has 0 amide bonds. The highest BCUT2D eigenvalue weighted by Crippen LogP contribution is 2.25. The molecular formula is C12H23NS. The summed E-state index contributed by atoms with van der Waals surface area (Å²) in [6.07, 6.45) is 5.08. The van der Waals surface area contributed by atoms with Crippen LogP contribution in [0.5, 0.6) is 0 Å². The molecule has 2 atom stereocenters. The number of thioether (sulfide) groups is 1. The first-order chi connectivity index (χ1) is 6.74. The summed E-state index contributed by atoms with van der Waals surface area (Å²) in [6.45, 7) is 7.87. The quantitative estimate of drug-likeness (QED) is 0.704. The van der Waals surface area contributed by atoms with E-state index in [4.69, 9.17) is 0 Å². The van der Waals surface area contributed by atoms with Crippen molar-refractivity contribution in [2.75, 3.05) is 18.1 Å². The SMILES string of the molecule is CCCNC(C)C(C)=CC1CCSC1. The van der Waals surface area contributed by atoms with E-state index >= 15 is 0 Å². The van der Waals surface area contributed by atoms with Gasteiger partial charge in [-0.3, -0.25) is 0 Å². The van der Waals surface area contributed by atoms with Gasteiger partial charge in [0.2, 0.25) is 0 Å². The molecule has 82 valence electrons. The molecule has 0 spiro atoms. The lowest BCUT2D eigenvalue weighted by atomic mass is 10.0. The molecule has 0 aromatic carbocycles. The molecule has 2 unspecified atom stereocenters. The lowest BCUT2D eigenvalue weighted by Crippen LogP contribution is -2.28. The Balaban J connectivity index is 2.33. The van der Waals surface area contributed by atoms with Crippen LogP contribution in [-0.4, -0.2) is 24.1 Å². The zero-order valence-electron chi connectivity index (χ0n) is 9.68. The van der Waals surface area contributed by atoms with E-state index in [0.29, 0.717) is 6.04 Å². The second kappa shape index (κ2) is 6.52. The van der Waals surface area contributed by atoms with Gasteiger partial charge in [-0.2, -0.15) is 11.8 Å². The van der Waals surface area contributed by atoms with E-state index in [1.807, 2.05) is 0 Å². The topological polar surface area (TPSA) is 12.0 Å². The van der Waals surface area contributed by atoms with Gasteiger partial charge < -0.3 is 5.32 Å². The average Bonchev–Trinajstić information content (AvgIpc) is 2.66. The Labute approximate surface area is 92.7 Å². The first kappa shape index (κ1) is 12.1. The predicted octanol–water partition coefficient (Wildman–Crippen LogP) is 3.07. The maximum absolute atomic E-state index is 3.53. The van der Waals surface area contributed by atoms with E-state index in [1.54, 1.807) is 0 Å². The molecule has 0 radical (unpaired) electrons. The van der Waals surface area contributed by atoms with Gasteiger partial charge in [-0.25, -0.2) is 0 Å². The van der Waals surface area contributed by atoms with E-state index in [0.717, 1.165) is 12.5 Å². The van der Waals surface area contributed by atoms with Gasteiger partial charge in [0.25, 0.3) is 0 Å². The number of nitrogens with one attached hydrogen (secondary N) is 1. The van der Waals surface area contributed by atoms with Gasteiger partial charge in [-0.05, 0) is 50.7 Å². The molecule has 1 nitrogen and oxygen atoms in total. The lowest BCUT2D eigenvalue weighted by molar-refractivity contribution is 0.593. The summed E-state index contributed by atoms with van der Waals surface area (Å²) in [6, 6.07) is 0.556. The van der Waals surface area contributed by atoms with Gasteiger partial charge in [0.1, 0.15) is 0 Å². The summed E-state index contributed by atoms with van der Waals surface area (Å²) in [5.74, 6) is 3.52. The Bertz CT molecular complexity index is 183. The molecule has 1 N–H and O–H groups in total. The van der Waals surface area contributed by atoms with Crippen LogP contribution in [0, 0.1) is 5.92 Å². The van der Waals surface area contributed by atoms with Crippen molar-refractivity contribution in [2.24, 2.45) is 5.92 Å². The van der Waals surface area contributed by atoms with Gasteiger partial charge in [0.05, 0.1) is 0 Å². The normalized spacial score (nSPS) is 25.4. The minimum Gasteiger partial charge on any atom is -0.311 e. The average molecular weight is 213 g/mol. The molecule has 1 fully saturated rings. The van der Waals surface area contributed by atoms with Crippen molar-refractivity contribution < 1.29 is 0 Å². The van der Waals surface area contributed by atoms with Crippen molar-refractivity contribution in [3.63, 3.8) is 0 Å². The largest absolute Gasteiger partial charge is 0.311 e. The Hall–Kier alpha value is 0.0500. The molecule has 14 heavy (non-hydrogen) atoms. The van der Waals surface area contributed by atoms with Crippen LogP contribution in [0.25, 0.3) is 0 Å². The van der Waals surface area contributed by atoms with Crippen molar-refractivity contribution in [1.29, 1.82) is 0 Å². The molecule has 1 heterocycles. The molecule has 0 bridgehead atoms. The van der Waals surface area contributed by atoms with E-state index in [9.17, 15) is 0 Å². The Morgan fingerprint density at radius 2 is 2.43 bits per heavy atom. The van der Waals surface area contributed by atoms with Gasteiger partial charge in [0.15, 0.2) is 0 Å². The first-order valence-corrected chi connectivity index (χ1v) is 6.89. The number of rotatable bonds is 5. The fourth-order valence-electron chi connectivity index (χ4n) is 1.72. The second-order valence-electron chi connectivity index (χ2n) is 4.21. The summed E-state index contributed by atoms with van der Waals surface area (Å²) in [5.41, 5.74) is 1.52. The second-order valence-corrected chi connectivity index (χ2v) is 5.36. The summed E-state index contributed by atoms with van der Waals surface area (Å²) < 4.78 is 0. The zero-order valence-corrected chi connectivity index (χ0v) is 10.5. The fraction of sp³-hybridized carbons (Fsp3) is 0.833. The summed E-state index contributed by atoms with van der Waals surface area (Å²) >= 11 is 2.09. The minimum atomic E-state index is 0.556. The number of hydrogen-bond donors (Lipinski definition) is 1. The van der Waals surface area contributed by atoms with Crippen LogP contribution in [0.2, 0.25) is 0 Å². The standard InChI is InChI=1S/C12H23NS/c1-4-6-13-11(3)10(2)8-12-5-7-14-9-12/h8,11-13H,4-7,9H2,1-3H3. The van der Waals surface area contributed by atoms with Crippen molar-refractivity contribution in [3.05, 3.63) is 11.6 Å². The van der Waals surface area contributed by atoms with Crippen LogP contribution in [0.3, 0.4) is 0 Å². The lowest BCUT2D eigenvalue weighted by Gasteiger charge is -2.15. The number of allylic oxidation sites excluding steroid dienone is 1. The maximum atomic E-state index is 3.53. The molecule has 0 saturated carbocycles. The molecule has 0 aliphatic carbocycles. The summed E-state index contributed by atoms with van der Waals surface area (Å²) in [4.78, 5) is 0. The van der Waals surface area contributed by atoms with Crippen LogP contribution >= 0.6 is 11.8 Å². The molecule has 1 rings (SSSR count). The molecule has 0 aromatic heterocycles. The van der Waals surface area contributed by atoms with Crippen molar-refractivity contribution in [3.8, 4) is 0 Å². The van der Waals surface area contributed by atoms with E-state index in [1.165, 1.54) is 29.9 Å². The third-order valence-corrected chi connectivity index (χ3v) is 4.04. The third kappa shape index (κ3) is 4.05. The fourth-order valence-corrected chi connectivity index (χ4v) is 2.92. The van der Waals surface area contributed by atoms with Gasteiger partial charge in [0, 0.05) is 6.04 Å². The summed E-state index contributed by atoms with van der Waals surface area (Å²) in [5, 5.41) is 3.53. The molecular weight excluding hydrogens is 190 g/mol. The Kier molecular flexibility index (Phi) is 5.64. The molecule has 1 aliphatic rings. The van der Waals surface area contributed by atoms with Crippen LogP contribution in [0.15, 0.2) is 11.6 Å². The zero-order chi connectivity index (χ0) is 10.4. The smallest absolute Gasteiger partial charge is 0.0248 e. The highest BCUT2D eigenvalue weighted by molar-refractivity contribution is 7.99. The van der Waals surface area contributed by atoms with E-state index in [2.05, 4.69) is 43.9 Å². The molecule has 1 saturated heterocycles. The van der Waals surface area contributed by atoms with Gasteiger partial charge in [-0.15, -0.1) is 0 Å². The number of hydrogen-bond acceptors (Lipinski definition) is 2. The maximum Gasteiger partial charge on any atom is 0.0248 e. The van der Waals surface area contributed by atoms with E-state index < -0.39 is 0 Å². The molecule has 2 heteroatoms. The van der Waals surface area contributed by atoms with Crippen molar-refractivity contribution in [1.82, 2.24) is 5.32 Å². The van der Waals surface area contributed by atoms with Crippen LogP contribution in [0.4, 0.5) is 0 Å². The van der Waals surface area contributed by atoms with Crippen LogP contribution in [-0.2, 0) is 0 Å².